The molecule has 0 spiro atoms. The number of ether oxygens (including phenoxy) is 1. The van der Waals surface area contributed by atoms with Crippen LogP contribution in [0.25, 0.3) is 0 Å². The van der Waals surface area contributed by atoms with E-state index >= 15 is 0 Å². The van der Waals surface area contributed by atoms with Crippen molar-refractivity contribution in [1.29, 1.82) is 0 Å². The van der Waals surface area contributed by atoms with E-state index in [-0.39, 0.29) is 12.5 Å². The maximum atomic E-state index is 11.7. The topological polar surface area (TPSA) is 69.0 Å². The first kappa shape index (κ1) is 14.8. The largest absolute Gasteiger partial charge is 0.483 e. The van der Waals surface area contributed by atoms with Crippen LogP contribution in [-0.4, -0.2) is 27.3 Å². The molecule has 0 aliphatic carbocycles. The van der Waals surface area contributed by atoms with Gasteiger partial charge in [-0.2, -0.15) is 0 Å². The molecule has 1 aromatic carbocycles. The fraction of sp³-hybridized carbons (Fsp3) is 0.250. The van der Waals surface area contributed by atoms with Gasteiger partial charge in [-0.1, -0.05) is 11.6 Å². The molecule has 0 saturated heterocycles. The van der Waals surface area contributed by atoms with Crippen molar-refractivity contribution in [3.05, 3.63) is 39.8 Å². The number of hydrogen-bond acceptors (Lipinski definition) is 4. The molecule has 0 unspecified atom stereocenters. The SMILES string of the molecule is Cn1cnnc1CNC(=O)COc1ccc(Cl)cc1Br. The Kier molecular flexibility index (Phi) is 4.97. The van der Waals surface area contributed by atoms with Crippen molar-refractivity contribution in [1.82, 2.24) is 20.1 Å². The Morgan fingerprint density at radius 2 is 2.35 bits per heavy atom. The summed E-state index contributed by atoms with van der Waals surface area (Å²) >= 11 is 9.14. The molecule has 1 aromatic heterocycles. The Hall–Kier alpha value is -1.60. The van der Waals surface area contributed by atoms with Crippen molar-refractivity contribution >= 4 is 33.4 Å². The van der Waals surface area contributed by atoms with E-state index in [1.54, 1.807) is 29.1 Å². The molecule has 0 saturated carbocycles. The Labute approximate surface area is 129 Å². The smallest absolute Gasteiger partial charge is 0.258 e. The molecule has 0 atom stereocenters. The van der Waals surface area contributed by atoms with Gasteiger partial charge in [0.25, 0.3) is 5.91 Å². The highest BCUT2D eigenvalue weighted by atomic mass is 79.9. The van der Waals surface area contributed by atoms with Crippen LogP contribution in [0.5, 0.6) is 5.75 Å². The van der Waals surface area contributed by atoms with Crippen LogP contribution in [0, 0.1) is 0 Å². The van der Waals surface area contributed by atoms with E-state index in [1.807, 2.05) is 7.05 Å². The first-order valence-corrected chi connectivity index (χ1v) is 6.91. The molecular weight excluding hydrogens is 348 g/mol. The third-order valence-corrected chi connectivity index (χ3v) is 3.36. The summed E-state index contributed by atoms with van der Waals surface area (Å²) in [5.74, 6) is 0.990. The van der Waals surface area contributed by atoms with Crippen LogP contribution in [0.3, 0.4) is 0 Å². The fourth-order valence-corrected chi connectivity index (χ4v) is 2.23. The van der Waals surface area contributed by atoms with Gasteiger partial charge < -0.3 is 14.6 Å². The van der Waals surface area contributed by atoms with E-state index in [0.29, 0.717) is 27.6 Å². The highest BCUT2D eigenvalue weighted by molar-refractivity contribution is 9.10. The van der Waals surface area contributed by atoms with Gasteiger partial charge in [-0.25, -0.2) is 0 Å². The number of aromatic nitrogens is 3. The average Bonchev–Trinajstić information content (AvgIpc) is 2.81. The molecule has 0 aliphatic rings. The molecule has 0 fully saturated rings. The van der Waals surface area contributed by atoms with Gasteiger partial charge in [-0.05, 0) is 34.1 Å². The second kappa shape index (κ2) is 6.71. The summed E-state index contributed by atoms with van der Waals surface area (Å²) < 4.78 is 7.83. The van der Waals surface area contributed by atoms with Gasteiger partial charge in [0, 0.05) is 12.1 Å². The maximum absolute atomic E-state index is 11.7. The van der Waals surface area contributed by atoms with E-state index in [1.165, 1.54) is 0 Å². The van der Waals surface area contributed by atoms with Gasteiger partial charge >= 0.3 is 0 Å². The number of rotatable bonds is 5. The summed E-state index contributed by atoms with van der Waals surface area (Å²) in [6.45, 7) is 0.221. The first-order chi connectivity index (χ1) is 9.56. The minimum atomic E-state index is -0.241. The molecule has 1 amide bonds. The van der Waals surface area contributed by atoms with Crippen molar-refractivity contribution in [3.8, 4) is 5.75 Å². The third-order valence-electron chi connectivity index (χ3n) is 2.50. The summed E-state index contributed by atoms with van der Waals surface area (Å²) in [5.41, 5.74) is 0. The molecule has 1 N–H and O–H groups in total. The van der Waals surface area contributed by atoms with Gasteiger partial charge in [0.2, 0.25) is 0 Å². The molecule has 0 aliphatic heterocycles. The minimum absolute atomic E-state index is 0.0852. The Morgan fingerprint density at radius 1 is 1.55 bits per heavy atom. The monoisotopic (exact) mass is 358 g/mol. The number of halogens is 2. The third kappa shape index (κ3) is 3.94. The second-order valence-corrected chi connectivity index (χ2v) is 5.29. The number of carbonyl (C=O) groups excluding carboxylic acids is 1. The highest BCUT2D eigenvalue weighted by Gasteiger charge is 2.07. The average molecular weight is 360 g/mol. The number of aryl methyl sites for hydroxylation is 1. The zero-order valence-electron chi connectivity index (χ0n) is 10.6. The molecule has 2 rings (SSSR count). The van der Waals surface area contributed by atoms with Gasteiger partial charge in [0.15, 0.2) is 12.4 Å². The van der Waals surface area contributed by atoms with Crippen molar-refractivity contribution in [2.45, 2.75) is 6.54 Å². The fourth-order valence-electron chi connectivity index (χ4n) is 1.43. The highest BCUT2D eigenvalue weighted by Crippen LogP contribution is 2.27. The molecule has 20 heavy (non-hydrogen) atoms. The minimum Gasteiger partial charge on any atom is -0.483 e. The lowest BCUT2D eigenvalue weighted by Gasteiger charge is -2.08. The van der Waals surface area contributed by atoms with Crippen molar-refractivity contribution in [2.24, 2.45) is 7.05 Å². The number of benzene rings is 1. The van der Waals surface area contributed by atoms with Gasteiger partial charge in [-0.3, -0.25) is 4.79 Å². The molecule has 8 heteroatoms. The van der Waals surface area contributed by atoms with E-state index < -0.39 is 0 Å². The Bertz CT molecular complexity index is 617. The number of carbonyl (C=O) groups is 1. The van der Waals surface area contributed by atoms with Crippen LogP contribution in [0.4, 0.5) is 0 Å². The molecule has 2 aromatic rings. The van der Waals surface area contributed by atoms with Gasteiger partial charge in [-0.15, -0.1) is 10.2 Å². The quantitative estimate of drug-likeness (QED) is 0.885. The predicted molar refractivity (Wildman–Crippen MR) is 77.5 cm³/mol. The maximum Gasteiger partial charge on any atom is 0.258 e. The number of nitrogens with one attached hydrogen (secondary N) is 1. The van der Waals surface area contributed by atoms with Gasteiger partial charge in [0.1, 0.15) is 12.1 Å². The zero-order valence-corrected chi connectivity index (χ0v) is 13.0. The number of nitrogens with zero attached hydrogens (tertiary/aromatic N) is 3. The van der Waals surface area contributed by atoms with E-state index in [9.17, 15) is 4.79 Å². The second-order valence-electron chi connectivity index (χ2n) is 4.00. The van der Waals surface area contributed by atoms with E-state index in [4.69, 9.17) is 16.3 Å². The lowest BCUT2D eigenvalue weighted by molar-refractivity contribution is -0.123. The van der Waals surface area contributed by atoms with Crippen LogP contribution in [0.1, 0.15) is 5.82 Å². The van der Waals surface area contributed by atoms with Crippen molar-refractivity contribution in [3.63, 3.8) is 0 Å². The first-order valence-electron chi connectivity index (χ1n) is 5.73. The van der Waals surface area contributed by atoms with Crippen LogP contribution in [0.2, 0.25) is 5.02 Å². The number of amides is 1. The normalized spacial score (nSPS) is 10.3. The number of hydrogen-bond donors (Lipinski definition) is 1. The van der Waals surface area contributed by atoms with E-state index in [0.717, 1.165) is 0 Å². The van der Waals surface area contributed by atoms with Gasteiger partial charge in [0.05, 0.1) is 11.0 Å². The Morgan fingerprint density at radius 3 is 3.00 bits per heavy atom. The summed E-state index contributed by atoms with van der Waals surface area (Å²) in [6.07, 6.45) is 1.57. The summed E-state index contributed by atoms with van der Waals surface area (Å²) in [7, 11) is 1.81. The Balaban J connectivity index is 1.82. The molecule has 106 valence electrons. The van der Waals surface area contributed by atoms with Crippen molar-refractivity contribution in [2.75, 3.05) is 6.61 Å². The van der Waals surface area contributed by atoms with Crippen molar-refractivity contribution < 1.29 is 9.53 Å². The van der Waals surface area contributed by atoms with Crippen LogP contribution >= 0.6 is 27.5 Å². The summed E-state index contributed by atoms with van der Waals surface area (Å²) in [4.78, 5) is 11.7. The molecule has 1 heterocycles. The zero-order chi connectivity index (χ0) is 14.5. The molecule has 6 nitrogen and oxygen atoms in total. The lowest BCUT2D eigenvalue weighted by Crippen LogP contribution is -2.29. The molecule has 0 radical (unpaired) electrons. The lowest BCUT2D eigenvalue weighted by atomic mass is 10.3. The standard InChI is InChI=1S/C12H12BrClN4O2/c1-18-7-16-17-11(18)5-15-12(19)6-20-10-3-2-8(14)4-9(10)13/h2-4,7H,5-6H2,1H3,(H,15,19). The summed E-state index contributed by atoms with van der Waals surface area (Å²) in [5, 5.41) is 10.9. The molecule has 0 bridgehead atoms. The van der Waals surface area contributed by atoms with Crippen LogP contribution in [0.15, 0.2) is 29.0 Å². The molecular formula is C12H12BrClN4O2. The van der Waals surface area contributed by atoms with Crippen LogP contribution < -0.4 is 10.1 Å². The van der Waals surface area contributed by atoms with Crippen LogP contribution in [-0.2, 0) is 18.4 Å². The predicted octanol–water partition coefficient (Wildman–Crippen LogP) is 1.93. The summed E-state index contributed by atoms with van der Waals surface area (Å²) in [6, 6.07) is 5.09. The van der Waals surface area contributed by atoms with E-state index in [2.05, 4.69) is 31.4 Å².